The molecule has 0 aliphatic rings. The molecule has 0 aliphatic carbocycles. The minimum absolute atomic E-state index is 0. The van der Waals surface area contributed by atoms with Crippen molar-refractivity contribution < 1.29 is 35.8 Å². The van der Waals surface area contributed by atoms with Crippen LogP contribution in [-0.4, -0.2) is 12.2 Å². The Kier molecular flexibility index (Phi) is 29.1. The van der Waals surface area contributed by atoms with E-state index in [1.54, 1.807) is 0 Å². The van der Waals surface area contributed by atoms with Crippen molar-refractivity contribution in [1.82, 2.24) is 0 Å². The molecule has 0 amide bonds. The summed E-state index contributed by atoms with van der Waals surface area (Å²) in [5, 5.41) is 13.5. The third-order valence-electron chi connectivity index (χ3n) is 1.11. The first-order chi connectivity index (χ1) is 7.83. The second kappa shape index (κ2) is 23.9. The predicted molar refractivity (Wildman–Crippen MR) is 62.2 cm³/mol. The van der Waals surface area contributed by atoms with Crippen molar-refractivity contribution in [3.05, 3.63) is 71.5 Å². The molecule has 84 valence electrons. The third kappa shape index (κ3) is 31.4. The van der Waals surface area contributed by atoms with Crippen LogP contribution in [0.2, 0.25) is 0 Å². The van der Waals surface area contributed by atoms with Gasteiger partial charge in [-0.05, 0) is 12.2 Å². The van der Waals surface area contributed by atoms with E-state index in [0.29, 0.717) is 12.2 Å². The van der Waals surface area contributed by atoms with Gasteiger partial charge in [-0.15, -0.1) is 0 Å². The zero-order valence-corrected chi connectivity index (χ0v) is 11.4. The number of hydrogen-bond acceptors (Lipinski definition) is 2. The van der Waals surface area contributed by atoms with E-state index in [0.717, 1.165) is 0 Å². The van der Waals surface area contributed by atoms with E-state index in [1.807, 2.05) is 60.7 Å². The van der Waals surface area contributed by atoms with Crippen molar-refractivity contribution >= 4 is 12.2 Å². The average Bonchev–Trinajstić information content (AvgIpc) is 3.00. The molecule has 0 spiro atoms. The Bertz CT molecular complexity index is 284. The molecule has 2 aromatic rings. The molecule has 0 radical (unpaired) electrons. The van der Waals surface area contributed by atoms with Crippen LogP contribution in [0.15, 0.2) is 60.7 Å². The van der Waals surface area contributed by atoms with Gasteiger partial charge in [0.2, 0.25) is 0 Å². The van der Waals surface area contributed by atoms with Gasteiger partial charge in [-0.2, -0.15) is 36.4 Å². The largest absolute Gasteiger partial charge is 4.00 e. The summed E-state index contributed by atoms with van der Waals surface area (Å²) in [7, 11) is 0. The van der Waals surface area contributed by atoms with Gasteiger partial charge in [-0.25, -0.2) is 24.3 Å². The molecule has 0 fully saturated rings. The Balaban J connectivity index is -0.000000157. The van der Waals surface area contributed by atoms with Crippen LogP contribution in [0, 0.1) is 0 Å². The Morgan fingerprint density at radius 2 is 0.882 bits per heavy atom. The standard InChI is InChI=1S/2C5H5.2CNO.Zr/c2*1-2-4-5-3-1;2*2-1-3;/h2*1-5H;;;/q4*-1;+4. The van der Waals surface area contributed by atoms with Crippen LogP contribution >= 0.6 is 0 Å². The normalized spacial score (nSPS) is 5.65. The number of rotatable bonds is 0. The first kappa shape index (κ1) is 20.7. The molecule has 0 saturated heterocycles. The Labute approximate surface area is 119 Å². The number of isocyanates is 2. The van der Waals surface area contributed by atoms with Crippen LogP contribution in [-0.2, 0) is 35.8 Å². The Hall–Kier alpha value is -1.66. The maximum atomic E-state index is 8.24. The quantitative estimate of drug-likeness (QED) is 0.426. The van der Waals surface area contributed by atoms with Crippen LogP contribution in [0.25, 0.3) is 10.8 Å². The van der Waals surface area contributed by atoms with Gasteiger partial charge in [0.1, 0.15) is 0 Å². The fourth-order valence-electron chi connectivity index (χ4n) is 0.642. The SMILES string of the molecule is [N-]=C=O.[N-]=C=O.[Zr+4].c1cc[cH-]c1.c1cc[cH-]c1. The molecule has 0 saturated carbocycles. The molecule has 0 bridgehead atoms. The van der Waals surface area contributed by atoms with E-state index >= 15 is 0 Å². The molecule has 4 nitrogen and oxygen atoms in total. The van der Waals surface area contributed by atoms with Gasteiger partial charge in [-0.1, -0.05) is 0 Å². The smallest absolute Gasteiger partial charge is 0.724 e. The fourth-order valence-corrected chi connectivity index (χ4v) is 0.642. The molecule has 0 N–H and O–H groups in total. The van der Waals surface area contributed by atoms with Crippen molar-refractivity contribution in [1.29, 1.82) is 0 Å². The number of nitrogens with zero attached hydrogens (tertiary/aromatic N) is 2. The number of carbonyl (C=O) groups excluding carboxylic acids is 2. The number of hydrogen-bond donors (Lipinski definition) is 0. The maximum Gasteiger partial charge on any atom is 4.00 e. The van der Waals surface area contributed by atoms with Crippen molar-refractivity contribution in [2.24, 2.45) is 0 Å². The van der Waals surface area contributed by atoms with E-state index in [9.17, 15) is 0 Å². The first-order valence-electron chi connectivity index (χ1n) is 4.19. The van der Waals surface area contributed by atoms with Crippen LogP contribution in [0.5, 0.6) is 0 Å². The molecule has 2 rings (SSSR count). The second-order valence-electron chi connectivity index (χ2n) is 2.11. The molecule has 0 unspecified atom stereocenters. The summed E-state index contributed by atoms with van der Waals surface area (Å²) in [6.07, 6.45) is 1.00. The summed E-state index contributed by atoms with van der Waals surface area (Å²) in [4.78, 5) is 16.5. The molecule has 0 heterocycles. The van der Waals surface area contributed by atoms with Gasteiger partial charge < -0.3 is 10.8 Å². The van der Waals surface area contributed by atoms with Gasteiger partial charge in [0.15, 0.2) is 0 Å². The van der Waals surface area contributed by atoms with E-state index in [-0.39, 0.29) is 26.2 Å². The maximum absolute atomic E-state index is 8.24. The van der Waals surface area contributed by atoms with Crippen LogP contribution in [0.1, 0.15) is 0 Å². The van der Waals surface area contributed by atoms with Crippen LogP contribution in [0.4, 0.5) is 0 Å². The molecular weight excluding hydrogens is 295 g/mol. The van der Waals surface area contributed by atoms with E-state index in [2.05, 4.69) is 0 Å². The van der Waals surface area contributed by atoms with Crippen LogP contribution < -0.4 is 0 Å². The summed E-state index contributed by atoms with van der Waals surface area (Å²) >= 11 is 0. The van der Waals surface area contributed by atoms with E-state index in [4.69, 9.17) is 20.4 Å². The summed E-state index contributed by atoms with van der Waals surface area (Å²) in [5.41, 5.74) is 0. The molecule has 2 aromatic carbocycles. The summed E-state index contributed by atoms with van der Waals surface area (Å²) in [5.74, 6) is 0. The van der Waals surface area contributed by atoms with E-state index in [1.165, 1.54) is 0 Å². The van der Waals surface area contributed by atoms with Gasteiger partial charge in [0.05, 0.1) is 0 Å². The van der Waals surface area contributed by atoms with Gasteiger partial charge in [0, 0.05) is 0 Å². The average molecular weight is 305 g/mol. The second-order valence-corrected chi connectivity index (χ2v) is 2.11. The van der Waals surface area contributed by atoms with Crippen molar-refractivity contribution in [3.8, 4) is 0 Å². The molecule has 0 atom stereocenters. The van der Waals surface area contributed by atoms with Crippen molar-refractivity contribution in [2.45, 2.75) is 0 Å². The van der Waals surface area contributed by atoms with Crippen LogP contribution in [0.3, 0.4) is 0 Å². The fraction of sp³-hybridized carbons (Fsp3) is 0. The molecular formula is C12H10N2O2Zr. The molecule has 0 aliphatic heterocycles. The minimum atomic E-state index is 0. The van der Waals surface area contributed by atoms with Gasteiger partial charge >= 0.3 is 26.2 Å². The van der Waals surface area contributed by atoms with Gasteiger partial charge in [0.25, 0.3) is 0 Å². The molecule has 0 aromatic heterocycles. The zero-order valence-electron chi connectivity index (χ0n) is 8.98. The predicted octanol–water partition coefficient (Wildman–Crippen LogP) is 2.59. The molecule has 5 heteroatoms. The van der Waals surface area contributed by atoms with E-state index < -0.39 is 0 Å². The Morgan fingerprint density at radius 1 is 0.706 bits per heavy atom. The minimum Gasteiger partial charge on any atom is -0.724 e. The third-order valence-corrected chi connectivity index (χ3v) is 1.11. The van der Waals surface area contributed by atoms with Crippen molar-refractivity contribution in [3.63, 3.8) is 0 Å². The first-order valence-corrected chi connectivity index (χ1v) is 4.19. The topological polar surface area (TPSA) is 78.7 Å². The monoisotopic (exact) mass is 304 g/mol. The summed E-state index contributed by atoms with van der Waals surface area (Å²) < 4.78 is 0. The van der Waals surface area contributed by atoms with Crippen molar-refractivity contribution in [2.75, 3.05) is 0 Å². The Morgan fingerprint density at radius 3 is 0.941 bits per heavy atom. The summed E-state index contributed by atoms with van der Waals surface area (Å²) in [6.45, 7) is 0. The summed E-state index contributed by atoms with van der Waals surface area (Å²) in [6, 6.07) is 20.0. The zero-order chi connectivity index (χ0) is 12.5. The van der Waals surface area contributed by atoms with Gasteiger partial charge in [-0.3, -0.25) is 9.59 Å². The molecule has 17 heavy (non-hydrogen) atoms.